The maximum absolute atomic E-state index is 12.3. The quantitative estimate of drug-likeness (QED) is 0.500. The van der Waals surface area contributed by atoms with E-state index in [9.17, 15) is 19.7 Å². The van der Waals surface area contributed by atoms with E-state index in [1.807, 2.05) is 26.0 Å². The number of anilines is 1. The van der Waals surface area contributed by atoms with Gasteiger partial charge in [-0.1, -0.05) is 23.8 Å². The van der Waals surface area contributed by atoms with Crippen LogP contribution in [0.2, 0.25) is 0 Å². The predicted octanol–water partition coefficient (Wildman–Crippen LogP) is 3.70. The van der Waals surface area contributed by atoms with Crippen LogP contribution in [0.4, 0.5) is 11.4 Å². The summed E-state index contributed by atoms with van der Waals surface area (Å²) in [6.45, 7) is 6.73. The fourth-order valence-corrected chi connectivity index (χ4v) is 2.51. The molecule has 0 saturated carbocycles. The SMILES string of the molecule is Cc1ccc(NC(=O)[C@H](C)OC(=O)c2cccc([N+](=O)[O-])c2C)c(C)c1. The molecule has 1 amide bonds. The summed E-state index contributed by atoms with van der Waals surface area (Å²) < 4.78 is 5.18. The number of rotatable bonds is 5. The first kappa shape index (κ1) is 19.1. The number of carbonyl (C=O) groups excluding carboxylic acids is 2. The largest absolute Gasteiger partial charge is 0.449 e. The van der Waals surface area contributed by atoms with Gasteiger partial charge < -0.3 is 10.1 Å². The molecule has 0 unspecified atom stereocenters. The molecule has 2 aromatic rings. The van der Waals surface area contributed by atoms with E-state index in [0.717, 1.165) is 11.1 Å². The summed E-state index contributed by atoms with van der Waals surface area (Å²) in [4.78, 5) is 35.0. The van der Waals surface area contributed by atoms with Crippen molar-refractivity contribution < 1.29 is 19.2 Å². The maximum Gasteiger partial charge on any atom is 0.339 e. The maximum atomic E-state index is 12.3. The Morgan fingerprint density at radius 3 is 2.46 bits per heavy atom. The number of hydrogen-bond acceptors (Lipinski definition) is 5. The normalized spacial score (nSPS) is 11.5. The number of carbonyl (C=O) groups is 2. The molecule has 0 saturated heterocycles. The molecule has 0 aliphatic heterocycles. The van der Waals surface area contributed by atoms with Crippen LogP contribution in [0.25, 0.3) is 0 Å². The van der Waals surface area contributed by atoms with Gasteiger partial charge in [0.25, 0.3) is 11.6 Å². The van der Waals surface area contributed by atoms with Crippen molar-refractivity contribution in [3.8, 4) is 0 Å². The Bertz CT molecular complexity index is 876. The summed E-state index contributed by atoms with van der Waals surface area (Å²) in [5.41, 5.74) is 2.68. The van der Waals surface area contributed by atoms with Crippen molar-refractivity contribution in [3.05, 3.63) is 68.8 Å². The molecule has 0 fully saturated rings. The number of esters is 1. The Balaban J connectivity index is 2.10. The monoisotopic (exact) mass is 356 g/mol. The fraction of sp³-hybridized carbons (Fsp3) is 0.263. The summed E-state index contributed by atoms with van der Waals surface area (Å²) in [5, 5.41) is 13.7. The summed E-state index contributed by atoms with van der Waals surface area (Å²) >= 11 is 0. The smallest absolute Gasteiger partial charge is 0.339 e. The van der Waals surface area contributed by atoms with Crippen molar-refractivity contribution in [2.75, 3.05) is 5.32 Å². The molecular weight excluding hydrogens is 336 g/mol. The van der Waals surface area contributed by atoms with Crippen LogP contribution in [0.3, 0.4) is 0 Å². The topological polar surface area (TPSA) is 98.5 Å². The fourth-order valence-electron chi connectivity index (χ4n) is 2.51. The van der Waals surface area contributed by atoms with Gasteiger partial charge in [-0.3, -0.25) is 14.9 Å². The highest BCUT2D eigenvalue weighted by molar-refractivity contribution is 5.98. The van der Waals surface area contributed by atoms with Crippen molar-refractivity contribution in [2.45, 2.75) is 33.8 Å². The molecule has 1 N–H and O–H groups in total. The number of ether oxygens (including phenoxy) is 1. The molecule has 7 nitrogen and oxygen atoms in total. The van der Waals surface area contributed by atoms with Gasteiger partial charge in [-0.15, -0.1) is 0 Å². The molecule has 1 atom stereocenters. The number of nitrogens with zero attached hydrogens (tertiary/aromatic N) is 1. The summed E-state index contributed by atoms with van der Waals surface area (Å²) in [7, 11) is 0. The van der Waals surface area contributed by atoms with Crippen molar-refractivity contribution in [1.29, 1.82) is 0 Å². The molecule has 0 heterocycles. The van der Waals surface area contributed by atoms with E-state index in [1.54, 1.807) is 6.07 Å². The molecule has 0 radical (unpaired) electrons. The third kappa shape index (κ3) is 4.24. The van der Waals surface area contributed by atoms with Crippen LogP contribution in [0.15, 0.2) is 36.4 Å². The third-order valence-electron chi connectivity index (χ3n) is 4.01. The minimum absolute atomic E-state index is 0.0605. The number of hydrogen-bond donors (Lipinski definition) is 1. The van der Waals surface area contributed by atoms with Gasteiger partial charge in [0, 0.05) is 17.3 Å². The van der Waals surface area contributed by atoms with E-state index in [0.29, 0.717) is 5.69 Å². The summed E-state index contributed by atoms with van der Waals surface area (Å²) in [6.07, 6.45) is -1.05. The molecule has 2 rings (SSSR count). The zero-order chi connectivity index (χ0) is 19.4. The van der Waals surface area contributed by atoms with Crippen LogP contribution in [0, 0.1) is 30.9 Å². The van der Waals surface area contributed by atoms with Gasteiger partial charge in [0.15, 0.2) is 6.10 Å². The van der Waals surface area contributed by atoms with Crippen LogP contribution in [-0.4, -0.2) is 22.9 Å². The minimum Gasteiger partial charge on any atom is -0.449 e. The average Bonchev–Trinajstić information content (AvgIpc) is 2.57. The Hall–Kier alpha value is -3.22. The van der Waals surface area contributed by atoms with Crippen molar-refractivity contribution in [3.63, 3.8) is 0 Å². The first-order valence-electron chi connectivity index (χ1n) is 8.03. The van der Waals surface area contributed by atoms with E-state index in [2.05, 4.69) is 5.32 Å². The number of nitro benzene ring substituents is 1. The van der Waals surface area contributed by atoms with Crippen LogP contribution in [0.5, 0.6) is 0 Å². The van der Waals surface area contributed by atoms with E-state index in [1.165, 1.54) is 32.0 Å². The van der Waals surface area contributed by atoms with Gasteiger partial charge in [0.1, 0.15) is 0 Å². The van der Waals surface area contributed by atoms with Gasteiger partial charge >= 0.3 is 5.97 Å². The highest BCUT2D eigenvalue weighted by atomic mass is 16.6. The molecule has 0 aliphatic rings. The summed E-state index contributed by atoms with van der Waals surface area (Å²) in [6, 6.07) is 9.72. The molecule has 0 aliphatic carbocycles. The molecule has 0 aromatic heterocycles. The van der Waals surface area contributed by atoms with Gasteiger partial charge in [0.05, 0.1) is 10.5 Å². The Labute approximate surface area is 151 Å². The predicted molar refractivity (Wildman–Crippen MR) is 97.3 cm³/mol. The van der Waals surface area contributed by atoms with Gasteiger partial charge in [-0.2, -0.15) is 0 Å². The van der Waals surface area contributed by atoms with E-state index in [-0.39, 0.29) is 16.8 Å². The minimum atomic E-state index is -1.05. The molecule has 2 aromatic carbocycles. The lowest BCUT2D eigenvalue weighted by atomic mass is 10.1. The van der Waals surface area contributed by atoms with E-state index < -0.39 is 22.9 Å². The number of nitro groups is 1. The number of nitrogens with one attached hydrogen (secondary N) is 1. The van der Waals surface area contributed by atoms with Crippen LogP contribution < -0.4 is 5.32 Å². The standard InChI is InChI=1S/C19H20N2O5/c1-11-8-9-16(12(2)10-11)20-18(22)14(4)26-19(23)15-6-5-7-17(13(15)3)21(24)25/h5-10,14H,1-4H3,(H,20,22)/t14-/m0/s1. The second kappa shape index (κ2) is 7.77. The number of amides is 1. The average molecular weight is 356 g/mol. The van der Waals surface area contributed by atoms with E-state index in [4.69, 9.17) is 4.74 Å². The molecule has 136 valence electrons. The highest BCUT2D eigenvalue weighted by Gasteiger charge is 2.23. The van der Waals surface area contributed by atoms with Crippen LogP contribution >= 0.6 is 0 Å². The Morgan fingerprint density at radius 1 is 1.15 bits per heavy atom. The van der Waals surface area contributed by atoms with Gasteiger partial charge in [-0.25, -0.2) is 4.79 Å². The first-order chi connectivity index (χ1) is 12.2. The molecule has 0 bridgehead atoms. The van der Waals surface area contributed by atoms with Crippen molar-refractivity contribution >= 4 is 23.3 Å². The van der Waals surface area contributed by atoms with Crippen molar-refractivity contribution in [1.82, 2.24) is 0 Å². The lowest BCUT2D eigenvalue weighted by Crippen LogP contribution is -2.30. The molecule has 26 heavy (non-hydrogen) atoms. The molecule has 0 spiro atoms. The third-order valence-corrected chi connectivity index (χ3v) is 4.01. The second-order valence-electron chi connectivity index (χ2n) is 6.06. The Kier molecular flexibility index (Phi) is 5.71. The first-order valence-corrected chi connectivity index (χ1v) is 8.03. The summed E-state index contributed by atoms with van der Waals surface area (Å²) in [5.74, 6) is -1.26. The van der Waals surface area contributed by atoms with Crippen LogP contribution in [-0.2, 0) is 9.53 Å². The highest BCUT2D eigenvalue weighted by Crippen LogP contribution is 2.22. The number of benzene rings is 2. The second-order valence-corrected chi connectivity index (χ2v) is 6.06. The Morgan fingerprint density at radius 2 is 1.85 bits per heavy atom. The van der Waals surface area contributed by atoms with Gasteiger partial charge in [0.2, 0.25) is 0 Å². The molecule has 7 heteroatoms. The number of aryl methyl sites for hydroxylation is 2. The lowest BCUT2D eigenvalue weighted by molar-refractivity contribution is -0.385. The van der Waals surface area contributed by atoms with E-state index >= 15 is 0 Å². The van der Waals surface area contributed by atoms with Crippen molar-refractivity contribution in [2.24, 2.45) is 0 Å². The van der Waals surface area contributed by atoms with Crippen LogP contribution in [0.1, 0.15) is 34.0 Å². The van der Waals surface area contributed by atoms with Gasteiger partial charge in [-0.05, 0) is 45.4 Å². The lowest BCUT2D eigenvalue weighted by Gasteiger charge is -2.15. The zero-order valence-corrected chi connectivity index (χ0v) is 15.0. The molecular formula is C19H20N2O5. The zero-order valence-electron chi connectivity index (χ0n) is 15.0.